The van der Waals surface area contributed by atoms with E-state index in [9.17, 15) is 18.0 Å². The monoisotopic (exact) mass is 354 g/mol. The van der Waals surface area contributed by atoms with Gasteiger partial charge in [0.05, 0.1) is 18.4 Å². The van der Waals surface area contributed by atoms with Crippen molar-refractivity contribution in [3.63, 3.8) is 0 Å². The summed E-state index contributed by atoms with van der Waals surface area (Å²) in [6.45, 7) is 0. The standard InChI is InChI=1S/C13H14N4O4S2/c1-23(20,21)17-9-4-2-8(3-5-9)12(19)16-13-15-10(7-22-13)6-11(14)18/h2-5,7,17H,6H2,1H3,(H2,14,18)(H,15,16,19). The number of nitrogens with zero attached hydrogens (tertiary/aromatic N) is 1. The van der Waals surface area contributed by atoms with Crippen molar-refractivity contribution >= 4 is 44.0 Å². The molecule has 0 atom stereocenters. The number of primary amides is 1. The van der Waals surface area contributed by atoms with Crippen molar-refractivity contribution in [1.82, 2.24) is 4.98 Å². The molecule has 0 aliphatic heterocycles. The highest BCUT2D eigenvalue weighted by Crippen LogP contribution is 2.17. The first-order chi connectivity index (χ1) is 10.7. The summed E-state index contributed by atoms with van der Waals surface area (Å²) in [5, 5.41) is 4.59. The van der Waals surface area contributed by atoms with Crippen LogP contribution in [0.2, 0.25) is 0 Å². The highest BCUT2D eigenvalue weighted by atomic mass is 32.2. The summed E-state index contributed by atoms with van der Waals surface area (Å²) < 4.78 is 24.5. The van der Waals surface area contributed by atoms with Crippen LogP contribution in [0.4, 0.5) is 10.8 Å². The lowest BCUT2D eigenvalue weighted by molar-refractivity contribution is -0.117. The van der Waals surface area contributed by atoms with E-state index in [1.807, 2.05) is 0 Å². The summed E-state index contributed by atoms with van der Waals surface area (Å²) in [5.41, 5.74) is 6.27. The molecule has 2 aromatic rings. The highest BCUT2D eigenvalue weighted by molar-refractivity contribution is 7.92. The Bertz CT molecular complexity index is 828. The second-order valence-corrected chi connectivity index (χ2v) is 7.30. The Morgan fingerprint density at radius 3 is 2.48 bits per heavy atom. The van der Waals surface area contributed by atoms with Crippen LogP contribution in [0.25, 0.3) is 0 Å². The average Bonchev–Trinajstić information content (AvgIpc) is 2.84. The first-order valence-electron chi connectivity index (χ1n) is 6.35. The number of sulfonamides is 1. The molecule has 1 aromatic carbocycles. The summed E-state index contributed by atoms with van der Waals surface area (Å²) in [5.74, 6) is -0.891. The van der Waals surface area contributed by atoms with Crippen LogP contribution < -0.4 is 15.8 Å². The molecule has 0 spiro atoms. The fourth-order valence-electron chi connectivity index (χ4n) is 1.70. The fourth-order valence-corrected chi connectivity index (χ4v) is 2.97. The molecule has 2 rings (SSSR count). The second kappa shape index (κ2) is 6.75. The van der Waals surface area contributed by atoms with Gasteiger partial charge in [0.15, 0.2) is 5.13 Å². The van der Waals surface area contributed by atoms with Crippen LogP contribution in [0.3, 0.4) is 0 Å². The van der Waals surface area contributed by atoms with Crippen LogP contribution >= 0.6 is 11.3 Å². The molecule has 0 fully saturated rings. The van der Waals surface area contributed by atoms with Gasteiger partial charge in [-0.05, 0) is 24.3 Å². The molecule has 10 heteroatoms. The second-order valence-electron chi connectivity index (χ2n) is 4.69. The number of anilines is 2. The van der Waals surface area contributed by atoms with Gasteiger partial charge in [0.1, 0.15) is 0 Å². The van der Waals surface area contributed by atoms with E-state index in [2.05, 4.69) is 15.0 Å². The lowest BCUT2D eigenvalue weighted by Gasteiger charge is -2.05. The summed E-state index contributed by atoms with van der Waals surface area (Å²) >= 11 is 1.18. The molecule has 2 amide bonds. The Labute approximate surface area is 136 Å². The number of aromatic nitrogens is 1. The number of carbonyl (C=O) groups excluding carboxylic acids is 2. The third-order valence-electron chi connectivity index (χ3n) is 2.58. The number of hydrogen-bond acceptors (Lipinski definition) is 6. The highest BCUT2D eigenvalue weighted by Gasteiger charge is 2.11. The molecule has 0 aliphatic rings. The molecule has 0 radical (unpaired) electrons. The molecule has 122 valence electrons. The van der Waals surface area contributed by atoms with Gasteiger partial charge in [0.2, 0.25) is 15.9 Å². The maximum atomic E-state index is 12.1. The Hall–Kier alpha value is -2.46. The topological polar surface area (TPSA) is 131 Å². The van der Waals surface area contributed by atoms with Gasteiger partial charge in [-0.15, -0.1) is 11.3 Å². The molecule has 0 bridgehead atoms. The number of carbonyl (C=O) groups is 2. The molecular formula is C13H14N4O4S2. The van der Waals surface area contributed by atoms with E-state index in [-0.39, 0.29) is 6.42 Å². The van der Waals surface area contributed by atoms with Crippen LogP contribution in [-0.2, 0) is 21.2 Å². The van der Waals surface area contributed by atoms with Gasteiger partial charge in [-0.25, -0.2) is 13.4 Å². The number of nitrogens with two attached hydrogens (primary N) is 1. The Morgan fingerprint density at radius 1 is 1.26 bits per heavy atom. The quantitative estimate of drug-likeness (QED) is 0.706. The van der Waals surface area contributed by atoms with E-state index in [1.165, 1.54) is 35.6 Å². The maximum absolute atomic E-state index is 12.1. The minimum atomic E-state index is -3.36. The van der Waals surface area contributed by atoms with Crippen molar-refractivity contribution in [2.45, 2.75) is 6.42 Å². The first-order valence-corrected chi connectivity index (χ1v) is 9.12. The molecule has 0 saturated heterocycles. The Morgan fingerprint density at radius 2 is 1.91 bits per heavy atom. The van der Waals surface area contributed by atoms with Crippen LogP contribution in [0.15, 0.2) is 29.6 Å². The van der Waals surface area contributed by atoms with Gasteiger partial charge in [0.25, 0.3) is 5.91 Å². The molecule has 0 unspecified atom stereocenters. The Kier molecular flexibility index (Phi) is 4.96. The smallest absolute Gasteiger partial charge is 0.257 e. The molecule has 8 nitrogen and oxygen atoms in total. The molecule has 4 N–H and O–H groups in total. The van der Waals surface area contributed by atoms with E-state index in [4.69, 9.17) is 5.73 Å². The third kappa shape index (κ3) is 5.34. The van der Waals surface area contributed by atoms with Gasteiger partial charge in [-0.1, -0.05) is 0 Å². The summed E-state index contributed by atoms with van der Waals surface area (Å²) in [6, 6.07) is 5.94. The third-order valence-corrected chi connectivity index (χ3v) is 3.99. The largest absolute Gasteiger partial charge is 0.369 e. The fraction of sp³-hybridized carbons (Fsp3) is 0.154. The first kappa shape index (κ1) is 16.9. The van der Waals surface area contributed by atoms with Crippen molar-refractivity contribution in [1.29, 1.82) is 0 Å². The number of rotatable bonds is 6. The van der Waals surface area contributed by atoms with Crippen molar-refractivity contribution in [2.75, 3.05) is 16.3 Å². The molecule has 0 saturated carbocycles. The van der Waals surface area contributed by atoms with Gasteiger partial charge in [-0.2, -0.15) is 0 Å². The molecular weight excluding hydrogens is 340 g/mol. The van der Waals surface area contributed by atoms with Gasteiger partial charge in [-0.3, -0.25) is 19.6 Å². The molecule has 1 heterocycles. The van der Waals surface area contributed by atoms with E-state index >= 15 is 0 Å². The van der Waals surface area contributed by atoms with Gasteiger partial charge >= 0.3 is 0 Å². The SMILES string of the molecule is CS(=O)(=O)Nc1ccc(C(=O)Nc2nc(CC(N)=O)cs2)cc1. The zero-order valence-corrected chi connectivity index (χ0v) is 13.7. The van der Waals surface area contributed by atoms with Crippen LogP contribution in [0.5, 0.6) is 0 Å². The molecule has 23 heavy (non-hydrogen) atoms. The molecule has 1 aromatic heterocycles. The lowest BCUT2D eigenvalue weighted by Crippen LogP contribution is -2.14. The zero-order chi connectivity index (χ0) is 17.0. The predicted molar refractivity (Wildman–Crippen MR) is 87.9 cm³/mol. The van der Waals surface area contributed by atoms with Crippen molar-refractivity contribution in [3.8, 4) is 0 Å². The van der Waals surface area contributed by atoms with Crippen LogP contribution in [0, 0.1) is 0 Å². The van der Waals surface area contributed by atoms with E-state index in [0.29, 0.717) is 22.1 Å². The number of thiazole rings is 1. The maximum Gasteiger partial charge on any atom is 0.257 e. The minimum Gasteiger partial charge on any atom is -0.369 e. The van der Waals surface area contributed by atoms with E-state index < -0.39 is 21.8 Å². The number of hydrogen-bond donors (Lipinski definition) is 3. The van der Waals surface area contributed by atoms with Crippen molar-refractivity contribution < 1.29 is 18.0 Å². The summed E-state index contributed by atoms with van der Waals surface area (Å²) in [7, 11) is -3.36. The normalized spacial score (nSPS) is 11.0. The van der Waals surface area contributed by atoms with Crippen LogP contribution in [0.1, 0.15) is 16.1 Å². The Balaban J connectivity index is 2.03. The average molecular weight is 354 g/mol. The predicted octanol–water partition coefficient (Wildman–Crippen LogP) is 0.795. The summed E-state index contributed by atoms with van der Waals surface area (Å²) in [4.78, 5) is 26.9. The van der Waals surface area contributed by atoms with E-state index in [0.717, 1.165) is 6.26 Å². The summed E-state index contributed by atoms with van der Waals surface area (Å²) in [6.07, 6.45) is 1.05. The van der Waals surface area contributed by atoms with Gasteiger partial charge in [0, 0.05) is 16.6 Å². The van der Waals surface area contributed by atoms with Crippen molar-refractivity contribution in [2.24, 2.45) is 5.73 Å². The van der Waals surface area contributed by atoms with Gasteiger partial charge < -0.3 is 5.73 Å². The lowest BCUT2D eigenvalue weighted by atomic mass is 10.2. The van der Waals surface area contributed by atoms with E-state index in [1.54, 1.807) is 5.38 Å². The zero-order valence-electron chi connectivity index (χ0n) is 12.1. The van der Waals surface area contributed by atoms with Crippen LogP contribution in [-0.4, -0.2) is 31.5 Å². The van der Waals surface area contributed by atoms with Crippen molar-refractivity contribution in [3.05, 3.63) is 40.9 Å². The minimum absolute atomic E-state index is 0.0121. The number of benzene rings is 1. The molecule has 0 aliphatic carbocycles. The number of amides is 2. The number of nitrogens with one attached hydrogen (secondary N) is 2.